The monoisotopic (exact) mass is 288 g/mol. The Hall–Kier alpha value is -1.95. The van der Waals surface area contributed by atoms with Crippen molar-refractivity contribution >= 4 is 5.97 Å². The summed E-state index contributed by atoms with van der Waals surface area (Å²) in [6.07, 6.45) is 2.62. The van der Waals surface area contributed by atoms with Crippen molar-refractivity contribution in [2.75, 3.05) is 7.11 Å². The quantitative estimate of drug-likeness (QED) is 0.563. The molecule has 0 aliphatic heterocycles. The topological polar surface area (TPSA) is 35.5 Å². The molecule has 0 amide bonds. The van der Waals surface area contributed by atoms with E-state index in [4.69, 9.17) is 9.47 Å². The van der Waals surface area contributed by atoms with Crippen molar-refractivity contribution < 1.29 is 14.3 Å². The fourth-order valence-electron chi connectivity index (χ4n) is 2.15. The van der Waals surface area contributed by atoms with E-state index in [1.54, 1.807) is 6.92 Å². The van der Waals surface area contributed by atoms with E-state index in [1.165, 1.54) is 7.11 Å². The molecule has 2 atom stereocenters. The molecule has 0 saturated carbocycles. The number of benzene rings is 1. The minimum absolute atomic E-state index is 0.135. The van der Waals surface area contributed by atoms with E-state index in [0.717, 1.165) is 24.2 Å². The molecule has 0 heterocycles. The zero-order valence-electron chi connectivity index (χ0n) is 13.3. The maximum Gasteiger partial charge on any atom is 0.307 e. The summed E-state index contributed by atoms with van der Waals surface area (Å²) < 4.78 is 10.5. The zero-order chi connectivity index (χ0) is 15.7. The summed E-state index contributed by atoms with van der Waals surface area (Å²) in [7, 11) is 1.39. The molecule has 1 rings (SSSR count). The Bertz CT molecular complexity index is 493. The lowest BCUT2D eigenvalue weighted by molar-refractivity contribution is -0.140. The first-order chi connectivity index (χ1) is 10.1. The fraction of sp³-hybridized carbons (Fsp3) is 0.500. The molecule has 0 aliphatic carbocycles. The molecule has 1 aromatic rings. The predicted octanol–water partition coefficient (Wildman–Crippen LogP) is 3.92. The van der Waals surface area contributed by atoms with Crippen LogP contribution in [0.15, 0.2) is 24.3 Å². The highest BCUT2D eigenvalue weighted by Gasteiger charge is 2.14. The third kappa shape index (κ3) is 5.91. The summed E-state index contributed by atoms with van der Waals surface area (Å²) in [5.41, 5.74) is 1.00. The standard InChI is InChI=1S/C18H24O3/c1-5-7-14(3)21-17-11-9-15(10-12-17)16(8-6-2)13-18(19)20-4/h9-12,14,16H,5,7,13H2,1-4H3/t14-,16?/m1/s1. The number of hydrogen-bond donors (Lipinski definition) is 0. The highest BCUT2D eigenvalue weighted by molar-refractivity contribution is 5.71. The van der Waals surface area contributed by atoms with E-state index in [9.17, 15) is 4.79 Å². The first-order valence-electron chi connectivity index (χ1n) is 7.36. The summed E-state index contributed by atoms with van der Waals surface area (Å²) in [5, 5.41) is 0. The van der Waals surface area contributed by atoms with Crippen LogP contribution in [0.5, 0.6) is 5.75 Å². The molecule has 0 bridgehead atoms. The molecule has 0 saturated heterocycles. The SMILES string of the molecule is CC#CC(CC(=O)OC)c1ccc(O[C@H](C)CCC)cc1. The number of carbonyl (C=O) groups is 1. The van der Waals surface area contributed by atoms with E-state index in [-0.39, 0.29) is 24.4 Å². The molecule has 0 aliphatic rings. The molecular formula is C18H24O3. The van der Waals surface area contributed by atoms with Crippen molar-refractivity contribution in [3.8, 4) is 17.6 Å². The largest absolute Gasteiger partial charge is 0.491 e. The molecule has 114 valence electrons. The van der Waals surface area contributed by atoms with Crippen LogP contribution in [0.4, 0.5) is 0 Å². The lowest BCUT2D eigenvalue weighted by Crippen LogP contribution is -2.11. The Morgan fingerprint density at radius 1 is 1.29 bits per heavy atom. The van der Waals surface area contributed by atoms with Gasteiger partial charge in [-0.3, -0.25) is 4.79 Å². The van der Waals surface area contributed by atoms with Gasteiger partial charge in [-0.1, -0.05) is 31.4 Å². The van der Waals surface area contributed by atoms with Crippen LogP contribution >= 0.6 is 0 Å². The second-order valence-electron chi connectivity index (χ2n) is 5.01. The Balaban J connectivity index is 2.77. The molecule has 0 radical (unpaired) electrons. The summed E-state index contributed by atoms with van der Waals surface area (Å²) >= 11 is 0. The van der Waals surface area contributed by atoms with Crippen LogP contribution in [0.1, 0.15) is 51.5 Å². The van der Waals surface area contributed by atoms with Gasteiger partial charge in [-0.25, -0.2) is 0 Å². The fourth-order valence-corrected chi connectivity index (χ4v) is 2.15. The van der Waals surface area contributed by atoms with Crippen molar-refractivity contribution in [2.24, 2.45) is 0 Å². The van der Waals surface area contributed by atoms with E-state index in [0.29, 0.717) is 0 Å². The van der Waals surface area contributed by atoms with Crippen molar-refractivity contribution in [1.29, 1.82) is 0 Å². The number of ether oxygens (including phenoxy) is 2. The van der Waals surface area contributed by atoms with Gasteiger partial charge in [-0.15, -0.1) is 5.92 Å². The number of carbonyl (C=O) groups excluding carboxylic acids is 1. The zero-order valence-corrected chi connectivity index (χ0v) is 13.3. The molecule has 3 heteroatoms. The van der Waals surface area contributed by atoms with Gasteiger partial charge in [0.2, 0.25) is 0 Å². The number of hydrogen-bond acceptors (Lipinski definition) is 3. The van der Waals surface area contributed by atoms with Crippen molar-refractivity contribution in [1.82, 2.24) is 0 Å². The first kappa shape index (κ1) is 17.1. The van der Waals surface area contributed by atoms with Crippen LogP contribution in [0.3, 0.4) is 0 Å². The molecular weight excluding hydrogens is 264 g/mol. The Morgan fingerprint density at radius 3 is 2.48 bits per heavy atom. The van der Waals surface area contributed by atoms with Gasteiger partial charge in [0.15, 0.2) is 0 Å². The molecule has 0 spiro atoms. The second kappa shape index (κ2) is 9.07. The molecule has 3 nitrogen and oxygen atoms in total. The van der Waals surface area contributed by atoms with Gasteiger partial charge < -0.3 is 9.47 Å². The third-order valence-electron chi connectivity index (χ3n) is 3.23. The highest BCUT2D eigenvalue weighted by atomic mass is 16.5. The lowest BCUT2D eigenvalue weighted by atomic mass is 9.96. The van der Waals surface area contributed by atoms with Crippen LogP contribution in [0.25, 0.3) is 0 Å². The normalized spacial score (nSPS) is 12.8. The van der Waals surface area contributed by atoms with Crippen LogP contribution in [-0.4, -0.2) is 19.2 Å². The van der Waals surface area contributed by atoms with Crippen LogP contribution in [-0.2, 0) is 9.53 Å². The summed E-state index contributed by atoms with van der Waals surface area (Å²) in [4.78, 5) is 11.4. The second-order valence-corrected chi connectivity index (χ2v) is 5.01. The summed E-state index contributed by atoms with van der Waals surface area (Å²) in [5.74, 6) is 6.39. The van der Waals surface area contributed by atoms with Crippen LogP contribution in [0.2, 0.25) is 0 Å². The molecule has 0 N–H and O–H groups in total. The number of rotatable bonds is 7. The van der Waals surface area contributed by atoms with Gasteiger partial charge in [-0.2, -0.15) is 0 Å². The molecule has 1 unspecified atom stereocenters. The van der Waals surface area contributed by atoms with Crippen molar-refractivity contribution in [3.05, 3.63) is 29.8 Å². The van der Waals surface area contributed by atoms with Crippen molar-refractivity contribution in [2.45, 2.75) is 52.1 Å². The first-order valence-corrected chi connectivity index (χ1v) is 7.36. The minimum atomic E-state index is -0.250. The van der Waals surface area contributed by atoms with Crippen LogP contribution in [0, 0.1) is 11.8 Å². The Labute approximate surface area is 127 Å². The average molecular weight is 288 g/mol. The lowest BCUT2D eigenvalue weighted by Gasteiger charge is -2.15. The van der Waals surface area contributed by atoms with Gasteiger partial charge in [0, 0.05) is 0 Å². The van der Waals surface area contributed by atoms with E-state index in [2.05, 4.69) is 25.7 Å². The van der Waals surface area contributed by atoms with Gasteiger partial charge >= 0.3 is 5.97 Å². The van der Waals surface area contributed by atoms with Gasteiger partial charge in [0.25, 0.3) is 0 Å². The summed E-state index contributed by atoms with van der Waals surface area (Å²) in [6, 6.07) is 7.80. The Kier molecular flexibility index (Phi) is 7.39. The minimum Gasteiger partial charge on any atom is -0.491 e. The van der Waals surface area contributed by atoms with E-state index >= 15 is 0 Å². The predicted molar refractivity (Wildman–Crippen MR) is 84.3 cm³/mol. The molecule has 0 fully saturated rings. The average Bonchev–Trinajstić information content (AvgIpc) is 2.47. The molecule has 0 aromatic heterocycles. The number of esters is 1. The summed E-state index contributed by atoms with van der Waals surface area (Å²) in [6.45, 7) is 5.98. The Morgan fingerprint density at radius 2 is 1.95 bits per heavy atom. The van der Waals surface area contributed by atoms with Gasteiger partial charge in [-0.05, 0) is 38.0 Å². The molecule has 21 heavy (non-hydrogen) atoms. The van der Waals surface area contributed by atoms with Crippen molar-refractivity contribution in [3.63, 3.8) is 0 Å². The third-order valence-corrected chi connectivity index (χ3v) is 3.23. The maximum absolute atomic E-state index is 11.4. The van der Waals surface area contributed by atoms with Gasteiger partial charge in [0.1, 0.15) is 5.75 Å². The highest BCUT2D eigenvalue weighted by Crippen LogP contribution is 2.23. The number of methoxy groups -OCH3 is 1. The van der Waals surface area contributed by atoms with E-state index < -0.39 is 0 Å². The maximum atomic E-state index is 11.4. The van der Waals surface area contributed by atoms with Gasteiger partial charge in [0.05, 0.1) is 25.6 Å². The van der Waals surface area contributed by atoms with Crippen LogP contribution < -0.4 is 4.74 Å². The smallest absolute Gasteiger partial charge is 0.307 e. The molecule has 1 aromatic carbocycles. The van der Waals surface area contributed by atoms with E-state index in [1.807, 2.05) is 24.3 Å².